The van der Waals surface area contributed by atoms with Crippen molar-refractivity contribution in [3.8, 4) is 5.75 Å². The van der Waals surface area contributed by atoms with Crippen molar-refractivity contribution in [3.63, 3.8) is 0 Å². The Morgan fingerprint density at radius 1 is 1.30 bits per heavy atom. The molecule has 0 atom stereocenters. The van der Waals surface area contributed by atoms with E-state index in [0.29, 0.717) is 18.2 Å². The SMILES string of the molecule is CCOc1ccc(NCCOCC(F)(F)F)cc1CCl. The van der Waals surface area contributed by atoms with Crippen molar-refractivity contribution in [1.82, 2.24) is 0 Å². The van der Waals surface area contributed by atoms with Crippen LogP contribution in [0.5, 0.6) is 5.75 Å². The Labute approximate surface area is 121 Å². The van der Waals surface area contributed by atoms with Crippen LogP contribution in [0.3, 0.4) is 0 Å². The van der Waals surface area contributed by atoms with Gasteiger partial charge in [0.1, 0.15) is 12.4 Å². The molecular formula is C13H17ClF3NO2. The van der Waals surface area contributed by atoms with Crippen LogP contribution in [0.2, 0.25) is 0 Å². The number of rotatable bonds is 8. The molecule has 0 fully saturated rings. The number of alkyl halides is 4. The van der Waals surface area contributed by atoms with Crippen LogP contribution in [0.4, 0.5) is 18.9 Å². The van der Waals surface area contributed by atoms with Crippen molar-refractivity contribution in [2.75, 3.05) is 31.7 Å². The molecule has 1 aromatic carbocycles. The molecule has 0 saturated heterocycles. The maximum Gasteiger partial charge on any atom is 0.411 e. The van der Waals surface area contributed by atoms with Gasteiger partial charge in [-0.1, -0.05) is 0 Å². The minimum absolute atomic E-state index is 0.0249. The zero-order valence-corrected chi connectivity index (χ0v) is 11.9. The highest BCUT2D eigenvalue weighted by Crippen LogP contribution is 2.24. The smallest absolute Gasteiger partial charge is 0.411 e. The van der Waals surface area contributed by atoms with Crippen LogP contribution in [0.1, 0.15) is 12.5 Å². The molecule has 20 heavy (non-hydrogen) atoms. The van der Waals surface area contributed by atoms with Crippen LogP contribution in [-0.2, 0) is 10.6 Å². The first-order chi connectivity index (χ1) is 9.46. The number of halogens is 4. The second-order valence-corrected chi connectivity index (χ2v) is 4.25. The lowest BCUT2D eigenvalue weighted by atomic mass is 10.2. The zero-order chi connectivity index (χ0) is 15.0. The van der Waals surface area contributed by atoms with E-state index in [4.69, 9.17) is 16.3 Å². The molecule has 0 saturated carbocycles. The first-order valence-corrected chi connectivity index (χ1v) is 6.69. The molecule has 1 rings (SSSR count). The molecule has 0 aliphatic carbocycles. The second kappa shape index (κ2) is 8.21. The largest absolute Gasteiger partial charge is 0.494 e. The Morgan fingerprint density at radius 2 is 2.05 bits per heavy atom. The van der Waals surface area contributed by atoms with E-state index >= 15 is 0 Å². The van der Waals surface area contributed by atoms with Gasteiger partial charge in [-0.3, -0.25) is 0 Å². The summed E-state index contributed by atoms with van der Waals surface area (Å²) in [6, 6.07) is 5.37. The van der Waals surface area contributed by atoms with Crippen molar-refractivity contribution in [2.45, 2.75) is 19.0 Å². The molecule has 0 aromatic heterocycles. The quantitative estimate of drug-likeness (QED) is 0.585. The monoisotopic (exact) mass is 311 g/mol. The molecule has 0 heterocycles. The third-order valence-corrected chi connectivity index (χ3v) is 2.63. The number of hydrogen-bond donors (Lipinski definition) is 1. The van der Waals surface area contributed by atoms with E-state index < -0.39 is 12.8 Å². The Hall–Kier alpha value is -1.14. The van der Waals surface area contributed by atoms with E-state index in [1.807, 2.05) is 13.0 Å². The van der Waals surface area contributed by atoms with Gasteiger partial charge in [0.05, 0.1) is 19.1 Å². The predicted molar refractivity (Wildman–Crippen MR) is 72.5 cm³/mol. The fraction of sp³-hybridized carbons (Fsp3) is 0.538. The maximum atomic E-state index is 11.8. The first-order valence-electron chi connectivity index (χ1n) is 6.16. The fourth-order valence-electron chi connectivity index (χ4n) is 1.55. The summed E-state index contributed by atoms with van der Waals surface area (Å²) in [6.45, 7) is 1.45. The molecular weight excluding hydrogens is 295 g/mol. The first kappa shape index (κ1) is 16.9. The van der Waals surface area contributed by atoms with Gasteiger partial charge in [0.2, 0.25) is 0 Å². The number of benzene rings is 1. The minimum Gasteiger partial charge on any atom is -0.494 e. The highest BCUT2D eigenvalue weighted by Gasteiger charge is 2.27. The molecule has 3 nitrogen and oxygen atoms in total. The summed E-state index contributed by atoms with van der Waals surface area (Å²) < 4.78 is 45.4. The molecule has 0 unspecified atom stereocenters. The molecule has 0 bridgehead atoms. The van der Waals surface area contributed by atoms with Gasteiger partial charge in [0.15, 0.2) is 0 Å². The third kappa shape index (κ3) is 6.34. The average molecular weight is 312 g/mol. The van der Waals surface area contributed by atoms with Gasteiger partial charge in [-0.15, -0.1) is 11.6 Å². The maximum absolute atomic E-state index is 11.8. The fourth-order valence-corrected chi connectivity index (χ4v) is 1.75. The summed E-state index contributed by atoms with van der Waals surface area (Å²) in [5, 5.41) is 2.97. The summed E-state index contributed by atoms with van der Waals surface area (Å²) in [5.41, 5.74) is 1.59. The van der Waals surface area contributed by atoms with Crippen LogP contribution in [0.15, 0.2) is 18.2 Å². The average Bonchev–Trinajstić information content (AvgIpc) is 2.38. The van der Waals surface area contributed by atoms with Gasteiger partial charge in [0, 0.05) is 17.8 Å². The molecule has 0 spiro atoms. The molecule has 0 aliphatic heterocycles. The van der Waals surface area contributed by atoms with Gasteiger partial charge in [-0.2, -0.15) is 13.2 Å². The van der Waals surface area contributed by atoms with Crippen molar-refractivity contribution < 1.29 is 22.6 Å². The Bertz CT molecular complexity index is 413. The van der Waals surface area contributed by atoms with Crippen LogP contribution in [-0.4, -0.2) is 32.5 Å². The van der Waals surface area contributed by atoms with Crippen molar-refractivity contribution >= 4 is 17.3 Å². The highest BCUT2D eigenvalue weighted by atomic mass is 35.5. The van der Waals surface area contributed by atoms with Gasteiger partial charge in [-0.05, 0) is 25.1 Å². The van der Waals surface area contributed by atoms with Gasteiger partial charge in [-0.25, -0.2) is 0 Å². The van der Waals surface area contributed by atoms with Crippen molar-refractivity contribution in [1.29, 1.82) is 0 Å². The van der Waals surface area contributed by atoms with Gasteiger partial charge < -0.3 is 14.8 Å². The van der Waals surface area contributed by atoms with E-state index in [9.17, 15) is 13.2 Å². The van der Waals surface area contributed by atoms with Crippen LogP contribution >= 0.6 is 11.6 Å². The number of hydrogen-bond acceptors (Lipinski definition) is 3. The molecule has 0 radical (unpaired) electrons. The van der Waals surface area contributed by atoms with Gasteiger partial charge >= 0.3 is 6.18 Å². The topological polar surface area (TPSA) is 30.5 Å². The lowest BCUT2D eigenvalue weighted by Crippen LogP contribution is -2.20. The summed E-state index contributed by atoms with van der Waals surface area (Å²) in [6.07, 6.45) is -4.29. The van der Waals surface area contributed by atoms with E-state index in [0.717, 1.165) is 11.3 Å². The third-order valence-electron chi connectivity index (χ3n) is 2.35. The lowest BCUT2D eigenvalue weighted by Gasteiger charge is -2.12. The zero-order valence-electron chi connectivity index (χ0n) is 11.1. The van der Waals surface area contributed by atoms with Crippen molar-refractivity contribution in [3.05, 3.63) is 23.8 Å². The van der Waals surface area contributed by atoms with Crippen LogP contribution in [0.25, 0.3) is 0 Å². The van der Waals surface area contributed by atoms with Crippen LogP contribution < -0.4 is 10.1 Å². The van der Waals surface area contributed by atoms with E-state index in [-0.39, 0.29) is 13.2 Å². The van der Waals surface area contributed by atoms with Gasteiger partial charge in [0.25, 0.3) is 0 Å². The summed E-state index contributed by atoms with van der Waals surface area (Å²) in [4.78, 5) is 0. The normalized spacial score (nSPS) is 11.4. The molecule has 114 valence electrons. The Kier molecular flexibility index (Phi) is 6.95. The van der Waals surface area contributed by atoms with Crippen LogP contribution in [0, 0.1) is 0 Å². The Balaban J connectivity index is 2.41. The molecule has 7 heteroatoms. The number of nitrogens with one attached hydrogen (secondary N) is 1. The van der Waals surface area contributed by atoms with Crippen molar-refractivity contribution in [2.24, 2.45) is 0 Å². The van der Waals surface area contributed by atoms with E-state index in [1.165, 1.54) is 0 Å². The highest BCUT2D eigenvalue weighted by molar-refractivity contribution is 6.17. The Morgan fingerprint density at radius 3 is 2.65 bits per heavy atom. The molecule has 1 aromatic rings. The number of anilines is 1. The predicted octanol–water partition coefficient (Wildman–Crippen LogP) is 3.81. The van der Waals surface area contributed by atoms with E-state index in [2.05, 4.69) is 10.1 Å². The number of ether oxygens (including phenoxy) is 2. The minimum atomic E-state index is -4.29. The summed E-state index contributed by atoms with van der Waals surface area (Å²) >= 11 is 5.82. The summed E-state index contributed by atoms with van der Waals surface area (Å²) in [7, 11) is 0. The molecule has 0 amide bonds. The van der Waals surface area contributed by atoms with E-state index in [1.54, 1.807) is 12.1 Å². The second-order valence-electron chi connectivity index (χ2n) is 3.98. The standard InChI is InChI=1S/C13H17ClF3NO2/c1-2-20-12-4-3-11(7-10(12)8-14)18-5-6-19-9-13(15,16)17/h3-4,7,18H,2,5-6,8-9H2,1H3. The molecule has 1 N–H and O–H groups in total. The lowest BCUT2D eigenvalue weighted by molar-refractivity contribution is -0.172. The summed E-state index contributed by atoms with van der Waals surface area (Å²) in [5.74, 6) is 1.01. The molecule has 0 aliphatic rings.